The molecular weight excluding hydrogens is 350 g/mol. The van der Waals surface area contributed by atoms with E-state index in [0.717, 1.165) is 6.07 Å². The van der Waals surface area contributed by atoms with Crippen LogP contribution in [0, 0.1) is 5.82 Å². The average molecular weight is 361 g/mol. The fraction of sp³-hybridized carbons (Fsp3) is 0.0714. The number of sulfonamides is 1. The van der Waals surface area contributed by atoms with Crippen LogP contribution >= 0.6 is 23.2 Å². The van der Waals surface area contributed by atoms with Crippen molar-refractivity contribution in [3.63, 3.8) is 0 Å². The zero-order chi connectivity index (χ0) is 16.3. The Morgan fingerprint density at radius 1 is 1.14 bits per heavy atom. The normalized spacial score (nSPS) is 12.3. The van der Waals surface area contributed by atoms with Gasteiger partial charge in [0.25, 0.3) is 10.0 Å². The highest BCUT2D eigenvalue weighted by atomic mass is 35.5. The third-order valence-corrected chi connectivity index (χ3v) is 5.01. The predicted molar refractivity (Wildman–Crippen MR) is 85.2 cm³/mol. The number of halogens is 3. The first-order valence-electron chi connectivity index (χ1n) is 6.06. The minimum atomic E-state index is -3.87. The molecule has 2 rings (SSSR count). The maximum atomic E-state index is 13.8. The Morgan fingerprint density at radius 2 is 1.77 bits per heavy atom. The fourth-order valence-corrected chi connectivity index (χ4v) is 3.31. The molecule has 0 aliphatic rings. The number of nitrogens with zero attached hydrogens (tertiary/aromatic N) is 2. The van der Waals surface area contributed by atoms with Gasteiger partial charge in [-0.2, -0.15) is 12.8 Å². The van der Waals surface area contributed by atoms with Crippen LogP contribution in [0.1, 0.15) is 5.56 Å². The van der Waals surface area contributed by atoms with Crippen molar-refractivity contribution in [1.29, 1.82) is 0 Å². The van der Waals surface area contributed by atoms with Gasteiger partial charge in [-0.1, -0.05) is 47.5 Å². The smallest absolute Gasteiger partial charge is 0.206 e. The van der Waals surface area contributed by atoms with E-state index in [1.165, 1.54) is 31.3 Å². The molecule has 2 aromatic carbocycles. The lowest BCUT2D eigenvalue weighted by Gasteiger charge is -2.14. The summed E-state index contributed by atoms with van der Waals surface area (Å²) in [6.45, 7) is 0. The molecule has 0 N–H and O–H groups in total. The summed E-state index contributed by atoms with van der Waals surface area (Å²) < 4.78 is 39.0. The Kier molecular flexibility index (Phi) is 5.05. The molecule has 8 heteroatoms. The van der Waals surface area contributed by atoms with E-state index >= 15 is 0 Å². The lowest BCUT2D eigenvalue weighted by atomic mass is 10.2. The van der Waals surface area contributed by atoms with Crippen molar-refractivity contribution in [2.24, 2.45) is 5.10 Å². The molecule has 0 unspecified atom stereocenters. The number of rotatable bonds is 4. The van der Waals surface area contributed by atoms with E-state index < -0.39 is 15.8 Å². The summed E-state index contributed by atoms with van der Waals surface area (Å²) in [5, 5.41) is 3.40. The highest BCUT2D eigenvalue weighted by Crippen LogP contribution is 2.23. The second-order valence-electron chi connectivity index (χ2n) is 4.24. The number of benzene rings is 2. The van der Waals surface area contributed by atoms with Gasteiger partial charge in [0.1, 0.15) is 5.82 Å². The highest BCUT2D eigenvalue weighted by Gasteiger charge is 2.21. The minimum absolute atomic E-state index is 0.0410. The summed E-state index contributed by atoms with van der Waals surface area (Å²) in [7, 11) is -2.66. The molecule has 22 heavy (non-hydrogen) atoms. The van der Waals surface area contributed by atoms with Crippen LogP contribution in [0.15, 0.2) is 58.5 Å². The van der Waals surface area contributed by atoms with Gasteiger partial charge in [0.05, 0.1) is 15.5 Å². The van der Waals surface area contributed by atoms with Gasteiger partial charge >= 0.3 is 0 Å². The van der Waals surface area contributed by atoms with Crippen molar-refractivity contribution in [3.8, 4) is 0 Å². The highest BCUT2D eigenvalue weighted by molar-refractivity contribution is 7.89. The van der Waals surface area contributed by atoms with Crippen LogP contribution in [0.5, 0.6) is 0 Å². The quantitative estimate of drug-likeness (QED) is 0.616. The molecule has 0 spiro atoms. The van der Waals surface area contributed by atoms with E-state index in [1.54, 1.807) is 18.2 Å². The third-order valence-electron chi connectivity index (χ3n) is 2.79. The molecule has 0 radical (unpaired) electrons. The fourth-order valence-electron chi connectivity index (χ4n) is 1.67. The van der Waals surface area contributed by atoms with Gasteiger partial charge in [0.15, 0.2) is 5.17 Å². The molecule has 2 aromatic rings. The zero-order valence-electron chi connectivity index (χ0n) is 11.4. The Bertz CT molecular complexity index is 791. The van der Waals surface area contributed by atoms with Crippen LogP contribution in [-0.4, -0.2) is 25.1 Å². The maximum absolute atomic E-state index is 13.8. The molecule has 0 aromatic heterocycles. The van der Waals surface area contributed by atoms with Gasteiger partial charge in [-0.3, -0.25) is 0 Å². The first-order valence-corrected chi connectivity index (χ1v) is 8.26. The van der Waals surface area contributed by atoms with Crippen LogP contribution in [-0.2, 0) is 10.0 Å². The molecule has 0 atom stereocenters. The number of hydrogen-bond acceptors (Lipinski definition) is 3. The predicted octanol–water partition coefficient (Wildman–Crippen LogP) is 3.70. The van der Waals surface area contributed by atoms with E-state index in [4.69, 9.17) is 23.2 Å². The monoisotopic (exact) mass is 360 g/mol. The van der Waals surface area contributed by atoms with Gasteiger partial charge in [0, 0.05) is 7.05 Å². The molecule has 116 valence electrons. The van der Waals surface area contributed by atoms with Crippen LogP contribution in [0.2, 0.25) is 5.02 Å². The first kappa shape index (κ1) is 16.7. The van der Waals surface area contributed by atoms with Crippen LogP contribution in [0.25, 0.3) is 0 Å². The number of hydrogen-bond donors (Lipinski definition) is 0. The van der Waals surface area contributed by atoms with E-state index in [-0.39, 0.29) is 20.7 Å². The maximum Gasteiger partial charge on any atom is 0.278 e. The summed E-state index contributed by atoms with van der Waals surface area (Å²) in [6, 6.07) is 11.7. The largest absolute Gasteiger partial charge is 0.278 e. The van der Waals surface area contributed by atoms with Gasteiger partial charge in [-0.05, 0) is 24.3 Å². The third kappa shape index (κ3) is 3.40. The average Bonchev–Trinajstić information content (AvgIpc) is 2.47. The van der Waals surface area contributed by atoms with Crippen LogP contribution in [0.3, 0.4) is 0 Å². The van der Waals surface area contributed by atoms with Crippen molar-refractivity contribution in [2.45, 2.75) is 4.90 Å². The molecule has 4 nitrogen and oxygen atoms in total. The molecule has 0 fully saturated rings. The Morgan fingerprint density at radius 3 is 2.36 bits per heavy atom. The van der Waals surface area contributed by atoms with Gasteiger partial charge in [-0.15, -0.1) is 5.10 Å². The van der Waals surface area contributed by atoms with E-state index in [2.05, 4.69) is 5.10 Å². The molecular formula is C14H11Cl2FN2O2S. The van der Waals surface area contributed by atoms with Gasteiger partial charge in [0.2, 0.25) is 0 Å². The van der Waals surface area contributed by atoms with E-state index in [0.29, 0.717) is 4.41 Å². The molecule has 0 saturated heterocycles. The van der Waals surface area contributed by atoms with Crippen LogP contribution < -0.4 is 0 Å². The topological polar surface area (TPSA) is 49.7 Å². The van der Waals surface area contributed by atoms with E-state index in [9.17, 15) is 12.8 Å². The summed E-state index contributed by atoms with van der Waals surface area (Å²) in [4.78, 5) is 0.0466. The second-order valence-corrected chi connectivity index (χ2v) is 6.96. The van der Waals surface area contributed by atoms with Gasteiger partial charge < -0.3 is 0 Å². The minimum Gasteiger partial charge on any atom is -0.206 e. The molecule has 0 heterocycles. The first-order chi connectivity index (χ1) is 10.3. The van der Waals surface area contributed by atoms with Crippen molar-refractivity contribution in [3.05, 3.63) is 64.9 Å². The molecule has 0 saturated carbocycles. The lowest BCUT2D eigenvalue weighted by Crippen LogP contribution is -2.23. The van der Waals surface area contributed by atoms with Crippen molar-refractivity contribution < 1.29 is 12.8 Å². The summed E-state index contributed by atoms with van der Waals surface area (Å²) in [6.07, 6.45) is 0. The molecule has 0 aliphatic carbocycles. The summed E-state index contributed by atoms with van der Waals surface area (Å²) in [5.74, 6) is -0.688. The van der Waals surface area contributed by atoms with E-state index in [1.807, 2.05) is 0 Å². The molecule has 0 amide bonds. The number of hydrazone groups is 1. The summed E-state index contributed by atoms with van der Waals surface area (Å²) in [5.41, 5.74) is -0.152. The van der Waals surface area contributed by atoms with Crippen molar-refractivity contribution >= 4 is 38.4 Å². The SMILES string of the molecule is CN(/N=C(/Cl)c1c(F)cccc1Cl)S(=O)(=O)c1ccccc1. The summed E-state index contributed by atoms with van der Waals surface area (Å²) >= 11 is 11.8. The Labute approximate surface area is 137 Å². The standard InChI is InChI=1S/C14H11Cl2FN2O2S/c1-19(22(20,21)10-6-3-2-4-7-10)18-14(16)13-11(15)8-5-9-12(13)17/h2-9H,1H3/b18-14+. The molecule has 0 bridgehead atoms. The second kappa shape index (κ2) is 6.64. The van der Waals surface area contributed by atoms with Crippen molar-refractivity contribution in [1.82, 2.24) is 4.41 Å². The molecule has 0 aliphatic heterocycles. The Balaban J connectivity index is 2.40. The van der Waals surface area contributed by atoms with Gasteiger partial charge in [-0.25, -0.2) is 4.39 Å². The lowest BCUT2D eigenvalue weighted by molar-refractivity contribution is 0.490. The van der Waals surface area contributed by atoms with Crippen molar-refractivity contribution in [2.75, 3.05) is 7.05 Å². The zero-order valence-corrected chi connectivity index (χ0v) is 13.7. The Hall–Kier alpha value is -1.63. The van der Waals surface area contributed by atoms with Crippen LogP contribution in [0.4, 0.5) is 4.39 Å².